The standard InChI is InChI=1S/C43H48F2N12O6/c1-53-34-24-27(7-12-32(34)57(43(53)62)33-13-14-36(58)51-42(33)61)6-2-4-22-63-23-5-3-16-47-40(59)28-8-10-29(11-9-28)56-26-31(37(52-56)38(44)45)49-41(60)30-25-48-55-19-15-35(50-39(30)55)54-20-17-46-18-21-54/h7-12,15,19,24-26,33,38,46H,2-6,13-14,16-18,20-23H2,1H3,(H,47,59)(H,49,60)(H,51,58,61). The maximum absolute atomic E-state index is 14.1. The third-order valence-corrected chi connectivity index (χ3v) is 11.3. The topological polar surface area (TPSA) is 204 Å². The number of aryl methyl sites for hydroxylation is 2. The van der Waals surface area contributed by atoms with Crippen molar-refractivity contribution in [2.45, 2.75) is 57.4 Å². The van der Waals surface area contributed by atoms with Crippen LogP contribution in [0.3, 0.4) is 0 Å². The number of alkyl halides is 2. The van der Waals surface area contributed by atoms with E-state index in [9.17, 15) is 32.8 Å². The van der Waals surface area contributed by atoms with Crippen molar-refractivity contribution >= 4 is 51.8 Å². The van der Waals surface area contributed by atoms with Crippen LogP contribution in [0.25, 0.3) is 22.4 Å². The van der Waals surface area contributed by atoms with Crippen LogP contribution in [-0.2, 0) is 27.8 Å². The van der Waals surface area contributed by atoms with Crippen molar-refractivity contribution in [3.63, 3.8) is 0 Å². The highest BCUT2D eigenvalue weighted by molar-refractivity contribution is 6.08. The molecule has 0 radical (unpaired) electrons. The van der Waals surface area contributed by atoms with Crippen LogP contribution < -0.4 is 31.9 Å². The van der Waals surface area contributed by atoms with Gasteiger partial charge in [0, 0.05) is 71.2 Å². The molecule has 6 aromatic rings. The molecule has 2 fully saturated rings. The molecule has 2 aromatic carbocycles. The van der Waals surface area contributed by atoms with Crippen LogP contribution >= 0.6 is 0 Å². The van der Waals surface area contributed by atoms with Gasteiger partial charge in [-0.15, -0.1) is 0 Å². The average Bonchev–Trinajstić information content (AvgIpc) is 3.98. The van der Waals surface area contributed by atoms with Gasteiger partial charge in [0.25, 0.3) is 18.2 Å². The van der Waals surface area contributed by atoms with Gasteiger partial charge in [-0.3, -0.25) is 33.6 Å². The Hall–Kier alpha value is -6.80. The second-order valence-electron chi connectivity index (χ2n) is 15.6. The van der Waals surface area contributed by atoms with Crippen molar-refractivity contribution in [1.29, 1.82) is 0 Å². The fourth-order valence-electron chi connectivity index (χ4n) is 7.88. The molecule has 0 bridgehead atoms. The molecule has 4 N–H and O–H groups in total. The molecule has 330 valence electrons. The number of rotatable bonds is 17. The minimum Gasteiger partial charge on any atom is -0.381 e. The number of hydrogen-bond acceptors (Lipinski definition) is 11. The van der Waals surface area contributed by atoms with Crippen molar-refractivity contribution in [1.82, 2.24) is 49.5 Å². The Bertz CT molecular complexity index is 2700. The Morgan fingerprint density at radius 1 is 0.952 bits per heavy atom. The van der Waals surface area contributed by atoms with Crippen LogP contribution in [-0.4, -0.2) is 103 Å². The van der Waals surface area contributed by atoms with Gasteiger partial charge in [0.1, 0.15) is 17.4 Å². The molecule has 4 aromatic heterocycles. The van der Waals surface area contributed by atoms with Gasteiger partial charge in [0.15, 0.2) is 11.3 Å². The molecule has 1 atom stereocenters. The molecule has 0 spiro atoms. The third-order valence-electron chi connectivity index (χ3n) is 11.3. The minimum atomic E-state index is -2.97. The van der Waals surface area contributed by atoms with Crippen molar-refractivity contribution < 1.29 is 32.7 Å². The number of halogens is 2. The molecule has 1 unspecified atom stereocenters. The van der Waals surface area contributed by atoms with Crippen molar-refractivity contribution in [3.8, 4) is 5.69 Å². The van der Waals surface area contributed by atoms with Crippen LogP contribution in [0.5, 0.6) is 0 Å². The van der Waals surface area contributed by atoms with E-state index in [1.165, 1.54) is 30.7 Å². The van der Waals surface area contributed by atoms with Crippen LogP contribution in [0.4, 0.5) is 20.3 Å². The molecule has 18 nitrogen and oxygen atoms in total. The lowest BCUT2D eigenvalue weighted by molar-refractivity contribution is -0.135. The number of fused-ring (bicyclic) bond motifs is 2. The normalized spacial score (nSPS) is 15.7. The van der Waals surface area contributed by atoms with Gasteiger partial charge >= 0.3 is 5.69 Å². The smallest absolute Gasteiger partial charge is 0.329 e. The highest BCUT2D eigenvalue weighted by Crippen LogP contribution is 2.29. The lowest BCUT2D eigenvalue weighted by atomic mass is 10.0. The number of nitrogens with one attached hydrogen (secondary N) is 4. The first-order valence-electron chi connectivity index (χ1n) is 21.0. The maximum atomic E-state index is 14.1. The molecule has 2 aliphatic heterocycles. The number of carbonyl (C=O) groups excluding carboxylic acids is 4. The van der Waals surface area contributed by atoms with Gasteiger partial charge in [0.2, 0.25) is 11.8 Å². The van der Waals surface area contributed by atoms with E-state index >= 15 is 0 Å². The number of piperidine rings is 1. The molecule has 0 aliphatic carbocycles. The number of hydrogen-bond donors (Lipinski definition) is 4. The molecule has 63 heavy (non-hydrogen) atoms. The second kappa shape index (κ2) is 19.1. The van der Waals surface area contributed by atoms with Crippen molar-refractivity contribution in [3.05, 3.63) is 100.0 Å². The maximum Gasteiger partial charge on any atom is 0.329 e. The first kappa shape index (κ1) is 42.9. The first-order valence-corrected chi connectivity index (χ1v) is 21.0. The number of carbonyl (C=O) groups is 4. The molecule has 4 amide bonds. The van der Waals surface area contributed by atoms with Crippen LogP contribution in [0.2, 0.25) is 0 Å². The van der Waals surface area contributed by atoms with Crippen LogP contribution in [0, 0.1) is 0 Å². The summed E-state index contributed by atoms with van der Waals surface area (Å²) in [5.74, 6) is -1.03. The number of ether oxygens (including phenoxy) is 1. The number of imide groups is 1. The number of benzene rings is 2. The fourth-order valence-corrected chi connectivity index (χ4v) is 7.88. The SMILES string of the molecule is Cn1c(=O)n(C2CCC(=O)NC2=O)c2ccc(CCCCOCCCCNC(=O)c3ccc(-n4cc(NC(=O)c5cnn6ccc(N7CCNCC7)nc56)c(C(F)F)n4)cc3)cc21. The van der Waals surface area contributed by atoms with Gasteiger partial charge in [-0.05, 0) is 86.6 Å². The number of amides is 4. The van der Waals surface area contributed by atoms with Gasteiger partial charge in [-0.1, -0.05) is 6.07 Å². The zero-order valence-corrected chi connectivity index (χ0v) is 34.7. The number of anilines is 2. The van der Waals surface area contributed by atoms with Gasteiger partial charge in [-0.25, -0.2) is 27.8 Å². The Labute approximate surface area is 359 Å². The summed E-state index contributed by atoms with van der Waals surface area (Å²) < 4.78 is 39.8. The molecule has 2 saturated heterocycles. The molecule has 2 aliphatic rings. The summed E-state index contributed by atoms with van der Waals surface area (Å²) in [5.41, 5.74) is 2.63. The van der Waals surface area contributed by atoms with E-state index in [4.69, 9.17) is 4.74 Å². The molecule has 0 saturated carbocycles. The number of unbranched alkanes of at least 4 members (excludes halogenated alkanes) is 2. The molecule has 6 heterocycles. The van der Waals surface area contributed by atoms with Gasteiger partial charge in [-0.2, -0.15) is 10.2 Å². The summed E-state index contributed by atoms with van der Waals surface area (Å²) in [6, 6.07) is 13.2. The van der Waals surface area contributed by atoms with Gasteiger partial charge in [0.05, 0.1) is 34.8 Å². The Morgan fingerprint density at radius 3 is 2.49 bits per heavy atom. The summed E-state index contributed by atoms with van der Waals surface area (Å²) in [7, 11) is 1.68. The lowest BCUT2D eigenvalue weighted by Gasteiger charge is -2.28. The zero-order valence-electron chi connectivity index (χ0n) is 34.7. The highest BCUT2D eigenvalue weighted by atomic mass is 19.3. The molecular formula is C43H48F2N12O6. The molecular weight excluding hydrogens is 819 g/mol. The van der Waals surface area contributed by atoms with Crippen LogP contribution in [0.15, 0.2) is 71.9 Å². The van der Waals surface area contributed by atoms with Crippen molar-refractivity contribution in [2.75, 3.05) is 56.2 Å². The summed E-state index contributed by atoms with van der Waals surface area (Å²) in [6.45, 7) is 4.71. The number of aromatic nitrogens is 7. The zero-order chi connectivity index (χ0) is 44.0. The van der Waals surface area contributed by atoms with Crippen molar-refractivity contribution in [2.24, 2.45) is 7.05 Å². The fraction of sp³-hybridized carbons (Fsp3) is 0.395. The average molecular weight is 867 g/mol. The second-order valence-corrected chi connectivity index (χ2v) is 15.6. The quantitative estimate of drug-likeness (QED) is 0.0769. The monoisotopic (exact) mass is 866 g/mol. The Morgan fingerprint density at radius 2 is 1.73 bits per heavy atom. The van der Waals surface area contributed by atoms with E-state index in [2.05, 4.69) is 41.3 Å². The Kier molecular flexibility index (Phi) is 13.0. The minimum absolute atomic E-state index is 0.126. The van der Waals surface area contributed by atoms with E-state index in [1.807, 2.05) is 24.3 Å². The summed E-state index contributed by atoms with van der Waals surface area (Å²) in [5, 5.41) is 19.3. The van der Waals surface area contributed by atoms with E-state index in [0.29, 0.717) is 54.4 Å². The Balaban J connectivity index is 0.756. The predicted octanol–water partition coefficient (Wildman–Crippen LogP) is 3.70. The lowest BCUT2D eigenvalue weighted by Crippen LogP contribution is -2.44. The van der Waals surface area contributed by atoms with E-state index in [1.54, 1.807) is 37.5 Å². The highest BCUT2D eigenvalue weighted by Gasteiger charge is 2.31. The van der Waals surface area contributed by atoms with E-state index in [-0.39, 0.29) is 41.6 Å². The molecule has 8 rings (SSSR count). The van der Waals surface area contributed by atoms with E-state index in [0.717, 1.165) is 62.9 Å². The summed E-state index contributed by atoms with van der Waals surface area (Å²) in [6.07, 6.45) is 5.85. The summed E-state index contributed by atoms with van der Waals surface area (Å²) in [4.78, 5) is 70.0. The van der Waals surface area contributed by atoms with Gasteiger partial charge < -0.3 is 25.6 Å². The predicted molar refractivity (Wildman–Crippen MR) is 228 cm³/mol. The first-order chi connectivity index (χ1) is 30.5. The largest absolute Gasteiger partial charge is 0.381 e. The molecule has 20 heteroatoms. The number of nitrogens with zero attached hydrogens (tertiary/aromatic N) is 8. The summed E-state index contributed by atoms with van der Waals surface area (Å²) >= 11 is 0. The number of piperazine rings is 1. The third kappa shape index (κ3) is 9.51. The van der Waals surface area contributed by atoms with Crippen LogP contribution in [0.1, 0.15) is 83.0 Å². The number of imidazole rings is 1. The van der Waals surface area contributed by atoms with E-state index < -0.39 is 30.0 Å².